The summed E-state index contributed by atoms with van der Waals surface area (Å²) in [6, 6.07) is 72.5. The van der Waals surface area contributed by atoms with Gasteiger partial charge >= 0.3 is 0 Å². The predicted octanol–water partition coefficient (Wildman–Crippen LogP) is 14.9. The average Bonchev–Trinajstić information content (AvgIpc) is 3.58. The second-order valence-electron chi connectivity index (χ2n) is 15.3. The lowest BCUT2D eigenvalue weighted by atomic mass is 9.65. The van der Waals surface area contributed by atoms with Crippen molar-refractivity contribution in [1.82, 2.24) is 0 Å². The van der Waals surface area contributed by atoms with Crippen molar-refractivity contribution in [2.75, 3.05) is 4.90 Å². The third-order valence-corrected chi connectivity index (χ3v) is 12.3. The molecule has 0 N–H and O–H groups in total. The molecule has 1 atom stereocenters. The van der Waals surface area contributed by atoms with Crippen LogP contribution in [0.2, 0.25) is 0 Å². The van der Waals surface area contributed by atoms with Crippen LogP contribution in [0.4, 0.5) is 17.1 Å². The van der Waals surface area contributed by atoms with Gasteiger partial charge in [-0.2, -0.15) is 0 Å². The van der Waals surface area contributed by atoms with E-state index in [1.54, 1.807) is 0 Å². The highest BCUT2D eigenvalue weighted by Crippen LogP contribution is 2.62. The van der Waals surface area contributed by atoms with E-state index in [9.17, 15) is 0 Å². The van der Waals surface area contributed by atoms with Gasteiger partial charge in [-0.05, 0) is 104 Å². The first-order valence-electron chi connectivity index (χ1n) is 20.0. The fraction of sp³-hybridized carbons (Fsp3) is 0.0357. The Labute approximate surface area is 339 Å². The van der Waals surface area contributed by atoms with E-state index in [0.717, 1.165) is 61.6 Å². The maximum absolute atomic E-state index is 7.18. The van der Waals surface area contributed by atoms with Crippen LogP contribution < -0.4 is 9.64 Å². The number of rotatable bonds is 6. The molecule has 2 heteroatoms. The minimum Gasteiger partial charge on any atom is -0.456 e. The fourth-order valence-corrected chi connectivity index (χ4v) is 9.64. The van der Waals surface area contributed by atoms with Crippen molar-refractivity contribution in [3.8, 4) is 28.0 Å². The van der Waals surface area contributed by atoms with Gasteiger partial charge in [0, 0.05) is 33.6 Å². The van der Waals surface area contributed by atoms with Crippen molar-refractivity contribution in [2.45, 2.75) is 12.3 Å². The number of benzene rings is 9. The Hall–Kier alpha value is -7.42. The zero-order valence-electron chi connectivity index (χ0n) is 32.2. The second kappa shape index (κ2) is 13.4. The van der Waals surface area contributed by atoms with Gasteiger partial charge in [0.15, 0.2) is 0 Å². The molecule has 274 valence electrons. The summed E-state index contributed by atoms with van der Waals surface area (Å²) < 4.78 is 7.18. The van der Waals surface area contributed by atoms with Gasteiger partial charge in [0.1, 0.15) is 11.5 Å². The SMILES string of the molecule is C=Cc1ccccc1C1=C(C)C2(c3ccccc3-c3cc(N(c4ccc(-c5ccccc5)cc4)c4ccc5ccccc5c4)ccc32)c2ccc3ccccc3c2O1. The lowest BCUT2D eigenvalue weighted by molar-refractivity contribution is 0.471. The first-order chi connectivity index (χ1) is 28.6. The van der Waals surface area contributed by atoms with Crippen LogP contribution in [-0.4, -0.2) is 0 Å². The Bertz CT molecular complexity index is 3120. The van der Waals surface area contributed by atoms with Crippen LogP contribution in [0.25, 0.3) is 55.6 Å². The number of hydrogen-bond donors (Lipinski definition) is 0. The largest absolute Gasteiger partial charge is 0.456 e. The van der Waals surface area contributed by atoms with E-state index in [1.165, 1.54) is 44.2 Å². The molecule has 58 heavy (non-hydrogen) atoms. The molecule has 1 spiro atoms. The molecule has 9 aromatic rings. The summed E-state index contributed by atoms with van der Waals surface area (Å²) in [4.78, 5) is 2.40. The number of ether oxygens (including phenoxy) is 1. The molecule has 1 aliphatic heterocycles. The topological polar surface area (TPSA) is 12.5 Å². The summed E-state index contributed by atoms with van der Waals surface area (Å²) in [5.74, 6) is 1.78. The van der Waals surface area contributed by atoms with Crippen LogP contribution >= 0.6 is 0 Å². The van der Waals surface area contributed by atoms with Gasteiger partial charge in [0.25, 0.3) is 0 Å². The summed E-state index contributed by atoms with van der Waals surface area (Å²) in [7, 11) is 0. The molecule has 9 aromatic carbocycles. The Morgan fingerprint density at radius 2 is 1.05 bits per heavy atom. The van der Waals surface area contributed by atoms with Crippen LogP contribution in [0.15, 0.2) is 212 Å². The smallest absolute Gasteiger partial charge is 0.140 e. The number of anilines is 3. The van der Waals surface area contributed by atoms with Gasteiger partial charge in [-0.25, -0.2) is 0 Å². The summed E-state index contributed by atoms with van der Waals surface area (Å²) >= 11 is 0. The third-order valence-electron chi connectivity index (χ3n) is 12.3. The first kappa shape index (κ1) is 33.9. The van der Waals surface area contributed by atoms with Gasteiger partial charge in [-0.1, -0.05) is 176 Å². The van der Waals surface area contributed by atoms with E-state index in [2.05, 4.69) is 219 Å². The molecule has 0 saturated heterocycles. The highest BCUT2D eigenvalue weighted by molar-refractivity contribution is 5.99. The minimum atomic E-state index is -0.600. The number of nitrogens with zero attached hydrogens (tertiary/aromatic N) is 1. The Kier molecular flexibility index (Phi) is 7.80. The van der Waals surface area contributed by atoms with Crippen LogP contribution in [0.5, 0.6) is 5.75 Å². The number of hydrogen-bond acceptors (Lipinski definition) is 2. The van der Waals surface area contributed by atoms with E-state index < -0.39 is 5.41 Å². The highest BCUT2D eigenvalue weighted by atomic mass is 16.5. The van der Waals surface area contributed by atoms with Gasteiger partial charge in [0.05, 0.1) is 5.41 Å². The Morgan fingerprint density at radius 3 is 1.88 bits per heavy atom. The zero-order chi connectivity index (χ0) is 38.8. The van der Waals surface area contributed by atoms with Crippen LogP contribution in [-0.2, 0) is 5.41 Å². The maximum Gasteiger partial charge on any atom is 0.140 e. The Balaban J connectivity index is 1.17. The minimum absolute atomic E-state index is 0.600. The molecule has 2 aliphatic rings. The lowest BCUT2D eigenvalue weighted by Gasteiger charge is -2.41. The van der Waals surface area contributed by atoms with Crippen molar-refractivity contribution in [2.24, 2.45) is 0 Å². The van der Waals surface area contributed by atoms with Crippen molar-refractivity contribution >= 4 is 50.4 Å². The van der Waals surface area contributed by atoms with Crippen molar-refractivity contribution < 1.29 is 4.74 Å². The number of allylic oxidation sites excluding steroid dienone is 1. The van der Waals surface area contributed by atoms with E-state index >= 15 is 0 Å². The predicted molar refractivity (Wildman–Crippen MR) is 243 cm³/mol. The van der Waals surface area contributed by atoms with Crippen LogP contribution in [0.3, 0.4) is 0 Å². The average molecular weight is 742 g/mol. The Morgan fingerprint density at radius 1 is 0.466 bits per heavy atom. The van der Waals surface area contributed by atoms with Gasteiger partial charge in [0.2, 0.25) is 0 Å². The monoisotopic (exact) mass is 741 g/mol. The molecule has 0 bridgehead atoms. The van der Waals surface area contributed by atoms with Gasteiger partial charge in [-0.15, -0.1) is 0 Å². The lowest BCUT2D eigenvalue weighted by Crippen LogP contribution is -2.33. The normalized spacial score (nSPS) is 15.2. The second-order valence-corrected chi connectivity index (χ2v) is 15.3. The van der Waals surface area contributed by atoms with Crippen molar-refractivity contribution in [3.05, 3.63) is 240 Å². The van der Waals surface area contributed by atoms with E-state index in [4.69, 9.17) is 4.74 Å². The molecule has 0 amide bonds. The molecular formula is C56H39NO. The first-order valence-corrected chi connectivity index (χ1v) is 20.0. The summed E-state index contributed by atoms with van der Waals surface area (Å²) in [5, 5.41) is 4.68. The molecule has 0 aromatic heterocycles. The third kappa shape index (κ3) is 5.05. The quantitative estimate of drug-likeness (QED) is 0.168. The fourth-order valence-electron chi connectivity index (χ4n) is 9.64. The molecule has 11 rings (SSSR count). The standard InChI is InChI=1S/C56H39NO/c1-3-38-15-9-11-21-47(38)54-37(2)56(53-33-28-42-19-10-12-22-48(42)55(53)58-54)51-24-14-13-23-49(51)50-36-46(32-34-52(50)56)57(45-31-27-40-18-7-8-20-43(40)35-45)44-29-25-41(26-30-44)39-16-5-4-6-17-39/h3-36H,1H2,2H3. The van der Waals surface area contributed by atoms with Crippen LogP contribution in [0.1, 0.15) is 34.7 Å². The molecule has 0 radical (unpaired) electrons. The zero-order valence-corrected chi connectivity index (χ0v) is 32.2. The maximum atomic E-state index is 7.18. The molecule has 0 saturated carbocycles. The molecule has 1 aliphatic carbocycles. The molecule has 1 heterocycles. The molecular weight excluding hydrogens is 703 g/mol. The van der Waals surface area contributed by atoms with Crippen LogP contribution in [0, 0.1) is 0 Å². The van der Waals surface area contributed by atoms with E-state index in [-0.39, 0.29) is 0 Å². The molecule has 0 fully saturated rings. The van der Waals surface area contributed by atoms with Crippen molar-refractivity contribution in [3.63, 3.8) is 0 Å². The molecule has 2 nitrogen and oxygen atoms in total. The van der Waals surface area contributed by atoms with E-state index in [1.807, 2.05) is 6.08 Å². The van der Waals surface area contributed by atoms with Gasteiger partial charge in [-0.3, -0.25) is 0 Å². The van der Waals surface area contributed by atoms with E-state index in [0.29, 0.717) is 0 Å². The molecule has 1 unspecified atom stereocenters. The summed E-state index contributed by atoms with van der Waals surface area (Å²) in [6.07, 6.45) is 1.93. The summed E-state index contributed by atoms with van der Waals surface area (Å²) in [6.45, 7) is 6.46. The van der Waals surface area contributed by atoms with Crippen molar-refractivity contribution in [1.29, 1.82) is 0 Å². The number of fused-ring (bicyclic) bond motifs is 10. The summed E-state index contributed by atoms with van der Waals surface area (Å²) in [5.41, 5.74) is 14.4. The van der Waals surface area contributed by atoms with Gasteiger partial charge < -0.3 is 9.64 Å². The highest BCUT2D eigenvalue weighted by Gasteiger charge is 2.51.